The Bertz CT molecular complexity index is 1280. The van der Waals surface area contributed by atoms with E-state index in [-0.39, 0.29) is 17.2 Å². The molecule has 1 fully saturated rings. The number of benzene rings is 3. The number of anilines is 1. The van der Waals surface area contributed by atoms with Crippen molar-refractivity contribution in [3.8, 4) is 11.5 Å². The van der Waals surface area contributed by atoms with Crippen LogP contribution in [0.1, 0.15) is 24.0 Å². The van der Waals surface area contributed by atoms with Gasteiger partial charge in [-0.3, -0.25) is 9.21 Å². The molecule has 3 aromatic carbocycles. The number of hydrogen-bond acceptors (Lipinski definition) is 5. The van der Waals surface area contributed by atoms with Crippen molar-refractivity contribution in [3.05, 3.63) is 81.3 Å². The second-order valence-electron chi connectivity index (χ2n) is 8.59. The Kier molecular flexibility index (Phi) is 8.27. The van der Waals surface area contributed by atoms with E-state index in [4.69, 9.17) is 16.3 Å². The molecule has 0 saturated carbocycles. The van der Waals surface area contributed by atoms with Gasteiger partial charge < -0.3 is 9.84 Å². The Balaban J connectivity index is 1.62. The Hall–Kier alpha value is -2.26. The minimum Gasteiger partial charge on any atom is -0.508 e. The van der Waals surface area contributed by atoms with Crippen molar-refractivity contribution < 1.29 is 18.3 Å². The van der Waals surface area contributed by atoms with Gasteiger partial charge in [0.15, 0.2) is 0 Å². The van der Waals surface area contributed by atoms with E-state index in [9.17, 15) is 13.5 Å². The van der Waals surface area contributed by atoms with Crippen LogP contribution < -0.4 is 9.04 Å². The van der Waals surface area contributed by atoms with Crippen LogP contribution >= 0.6 is 27.5 Å². The van der Waals surface area contributed by atoms with E-state index >= 15 is 0 Å². The Morgan fingerprint density at radius 3 is 2.43 bits per heavy atom. The molecule has 0 bridgehead atoms. The molecular weight excluding hydrogens is 552 g/mol. The van der Waals surface area contributed by atoms with Gasteiger partial charge in [0.25, 0.3) is 10.0 Å². The molecule has 6 nitrogen and oxygen atoms in total. The molecule has 0 amide bonds. The van der Waals surface area contributed by atoms with E-state index in [0.717, 1.165) is 24.1 Å². The number of hydrogen-bond donors (Lipinski definition) is 1. The van der Waals surface area contributed by atoms with Crippen LogP contribution in [0.2, 0.25) is 5.02 Å². The normalized spacial score (nSPS) is 14.3. The van der Waals surface area contributed by atoms with E-state index < -0.39 is 10.0 Å². The fourth-order valence-corrected chi connectivity index (χ4v) is 6.52. The smallest absolute Gasteiger partial charge is 0.264 e. The number of rotatable bonds is 9. The molecular formula is C26H28BrClN2O4S. The van der Waals surface area contributed by atoms with Gasteiger partial charge in [0.2, 0.25) is 0 Å². The number of likely N-dealkylation sites (tertiary alicyclic amines) is 1. The average Bonchev–Trinajstić information content (AvgIpc) is 3.32. The number of sulfonamides is 1. The number of nitrogens with zero attached hydrogens (tertiary/aromatic N) is 2. The Morgan fingerprint density at radius 2 is 1.77 bits per heavy atom. The number of aromatic hydroxyl groups is 1. The van der Waals surface area contributed by atoms with Gasteiger partial charge in [-0.15, -0.1) is 0 Å². The van der Waals surface area contributed by atoms with Gasteiger partial charge in [-0.05, 0) is 98.6 Å². The van der Waals surface area contributed by atoms with Gasteiger partial charge >= 0.3 is 0 Å². The number of halogens is 2. The molecule has 1 N–H and O–H groups in total. The van der Waals surface area contributed by atoms with Crippen LogP contribution in [0.15, 0.2) is 70.0 Å². The summed E-state index contributed by atoms with van der Waals surface area (Å²) < 4.78 is 35.7. The third-order valence-corrected chi connectivity index (χ3v) is 8.83. The van der Waals surface area contributed by atoms with Gasteiger partial charge in [0, 0.05) is 16.0 Å². The van der Waals surface area contributed by atoms with Gasteiger partial charge in [-0.25, -0.2) is 8.42 Å². The molecule has 1 saturated heterocycles. The quantitative estimate of drug-likeness (QED) is 0.337. The van der Waals surface area contributed by atoms with Gasteiger partial charge in [0.05, 0.1) is 17.1 Å². The summed E-state index contributed by atoms with van der Waals surface area (Å²) in [4.78, 5) is 2.59. The van der Waals surface area contributed by atoms with Crippen LogP contribution in [0, 0.1) is 6.92 Å². The van der Waals surface area contributed by atoms with E-state index in [1.54, 1.807) is 55.5 Å². The summed E-state index contributed by atoms with van der Waals surface area (Å²) in [6, 6.07) is 16.7. The molecule has 186 valence electrons. The van der Waals surface area contributed by atoms with Crippen molar-refractivity contribution in [2.45, 2.75) is 31.2 Å². The zero-order valence-electron chi connectivity index (χ0n) is 19.5. The molecule has 3 aromatic rings. The van der Waals surface area contributed by atoms with Crippen LogP contribution in [0.5, 0.6) is 11.5 Å². The highest BCUT2D eigenvalue weighted by molar-refractivity contribution is 9.10. The number of aryl methyl sites for hydroxylation is 1. The predicted molar refractivity (Wildman–Crippen MR) is 143 cm³/mol. The average molecular weight is 580 g/mol. The molecule has 0 aliphatic carbocycles. The summed E-state index contributed by atoms with van der Waals surface area (Å²) in [6.07, 6.45) is 2.48. The SMILES string of the molecule is Cc1cc(Br)ccc1S(=O)(=O)N(Cc1ccc(O)cc1Cl)c1ccc(OCCN2CCCC2)cc1. The van der Waals surface area contributed by atoms with E-state index in [1.165, 1.54) is 29.3 Å². The Morgan fingerprint density at radius 1 is 1.06 bits per heavy atom. The number of phenols is 1. The molecule has 0 unspecified atom stereocenters. The highest BCUT2D eigenvalue weighted by Gasteiger charge is 2.28. The van der Waals surface area contributed by atoms with E-state index in [0.29, 0.717) is 34.2 Å². The summed E-state index contributed by atoms with van der Waals surface area (Å²) in [6.45, 7) is 5.47. The lowest BCUT2D eigenvalue weighted by atomic mass is 10.2. The fraction of sp³-hybridized carbons (Fsp3) is 0.308. The van der Waals surface area contributed by atoms with Crippen LogP contribution in [-0.4, -0.2) is 44.7 Å². The zero-order valence-corrected chi connectivity index (χ0v) is 22.6. The summed E-state index contributed by atoms with van der Waals surface area (Å²) in [5, 5.41) is 10.0. The molecule has 9 heteroatoms. The molecule has 0 aromatic heterocycles. The minimum atomic E-state index is -3.92. The topological polar surface area (TPSA) is 70.1 Å². The van der Waals surface area contributed by atoms with Gasteiger partial charge in [0.1, 0.15) is 18.1 Å². The van der Waals surface area contributed by atoms with Crippen molar-refractivity contribution in [2.24, 2.45) is 0 Å². The van der Waals surface area contributed by atoms with Crippen LogP contribution in [0.3, 0.4) is 0 Å². The Labute approximate surface area is 220 Å². The van der Waals surface area contributed by atoms with Crippen molar-refractivity contribution in [1.82, 2.24) is 4.90 Å². The predicted octanol–water partition coefficient (Wildman–Crippen LogP) is 5.99. The van der Waals surface area contributed by atoms with E-state index in [1.807, 2.05) is 0 Å². The highest BCUT2D eigenvalue weighted by atomic mass is 79.9. The molecule has 0 radical (unpaired) electrons. The molecule has 0 atom stereocenters. The van der Waals surface area contributed by atoms with Crippen LogP contribution in [0.4, 0.5) is 5.69 Å². The molecule has 0 spiro atoms. The first-order valence-corrected chi connectivity index (χ1v) is 14.1. The third kappa shape index (κ3) is 6.30. The summed E-state index contributed by atoms with van der Waals surface area (Å²) in [7, 11) is -3.92. The monoisotopic (exact) mass is 578 g/mol. The number of ether oxygens (including phenoxy) is 1. The van der Waals surface area contributed by atoms with Gasteiger partial charge in [-0.1, -0.05) is 33.6 Å². The molecule has 1 aliphatic heterocycles. The molecule has 35 heavy (non-hydrogen) atoms. The van der Waals surface area contributed by atoms with Crippen molar-refractivity contribution in [3.63, 3.8) is 0 Å². The van der Waals surface area contributed by atoms with E-state index in [2.05, 4.69) is 20.8 Å². The number of phenolic OH excluding ortho intramolecular Hbond substituents is 1. The maximum Gasteiger partial charge on any atom is 0.264 e. The molecule has 1 heterocycles. The first kappa shape index (κ1) is 25.8. The molecule has 1 aliphatic rings. The lowest BCUT2D eigenvalue weighted by Crippen LogP contribution is -2.31. The van der Waals surface area contributed by atoms with Crippen molar-refractivity contribution in [1.29, 1.82) is 0 Å². The standard InChI is InChI=1S/C26H28BrClN2O4S/c1-19-16-21(27)5-11-26(19)35(32,33)30(18-20-4-8-23(31)17-25(20)28)22-6-9-24(10-7-22)34-15-14-29-12-2-3-13-29/h4-11,16-17,31H,2-3,12-15,18H2,1H3. The first-order valence-electron chi connectivity index (χ1n) is 11.5. The summed E-state index contributed by atoms with van der Waals surface area (Å²) in [5.74, 6) is 0.708. The third-order valence-electron chi connectivity index (χ3n) is 6.06. The second-order valence-corrected chi connectivity index (χ2v) is 11.7. The zero-order chi connectivity index (χ0) is 25.0. The minimum absolute atomic E-state index is 0.00607. The summed E-state index contributed by atoms with van der Waals surface area (Å²) >= 11 is 9.73. The maximum absolute atomic E-state index is 13.8. The first-order chi connectivity index (χ1) is 16.7. The van der Waals surface area contributed by atoms with Crippen molar-refractivity contribution >= 4 is 43.2 Å². The highest BCUT2D eigenvalue weighted by Crippen LogP contribution is 2.32. The maximum atomic E-state index is 13.8. The fourth-order valence-electron chi connectivity index (χ4n) is 4.16. The van der Waals surface area contributed by atoms with Gasteiger partial charge in [-0.2, -0.15) is 0 Å². The van der Waals surface area contributed by atoms with Crippen LogP contribution in [-0.2, 0) is 16.6 Å². The lowest BCUT2D eigenvalue weighted by Gasteiger charge is -2.26. The van der Waals surface area contributed by atoms with Crippen LogP contribution in [0.25, 0.3) is 0 Å². The lowest BCUT2D eigenvalue weighted by molar-refractivity contribution is 0.238. The molecule has 4 rings (SSSR count). The second kappa shape index (κ2) is 11.2. The summed E-state index contributed by atoms with van der Waals surface area (Å²) in [5.41, 5.74) is 1.69. The van der Waals surface area contributed by atoms with Crippen molar-refractivity contribution in [2.75, 3.05) is 30.5 Å². The largest absolute Gasteiger partial charge is 0.508 e.